The van der Waals surface area contributed by atoms with Gasteiger partial charge in [-0.1, -0.05) is 6.42 Å². The van der Waals surface area contributed by atoms with E-state index in [4.69, 9.17) is 5.11 Å². The zero-order valence-electron chi connectivity index (χ0n) is 12.8. The van der Waals surface area contributed by atoms with E-state index in [0.29, 0.717) is 12.2 Å². The fourth-order valence-corrected chi connectivity index (χ4v) is 2.06. The molecular weight excluding hydrogens is 270 g/mol. The maximum absolute atomic E-state index is 11.3. The molecule has 118 valence electrons. The van der Waals surface area contributed by atoms with Crippen molar-refractivity contribution < 1.29 is 15.0 Å². The first kappa shape index (κ1) is 17.4. The number of hydrogen-bond donors (Lipinski definition) is 2. The van der Waals surface area contributed by atoms with Gasteiger partial charge in [-0.2, -0.15) is 0 Å². The van der Waals surface area contributed by atoms with Crippen LogP contribution >= 0.6 is 0 Å². The van der Waals surface area contributed by atoms with Crippen molar-refractivity contribution in [3.8, 4) is 0 Å². The molecule has 2 N–H and O–H groups in total. The molecule has 0 atom stereocenters. The van der Waals surface area contributed by atoms with Crippen LogP contribution in [0.2, 0.25) is 0 Å². The summed E-state index contributed by atoms with van der Waals surface area (Å²) in [6.45, 7) is 1.73. The highest BCUT2D eigenvalue weighted by molar-refractivity contribution is 5.64. The summed E-state index contributed by atoms with van der Waals surface area (Å²) in [5.74, 6) is 0. The molecule has 0 bridgehead atoms. The number of unbranched alkanes of at least 4 members (excludes halogenated alkanes) is 2. The maximum Gasteiger partial charge on any atom is 0.407 e. The Balaban J connectivity index is 2.44. The fraction of sp³-hybridized carbons (Fsp3) is 0.600. The van der Waals surface area contributed by atoms with Crippen molar-refractivity contribution in [2.45, 2.75) is 32.4 Å². The first-order chi connectivity index (χ1) is 10.0. The molecule has 6 heteroatoms. The van der Waals surface area contributed by atoms with Gasteiger partial charge in [0.1, 0.15) is 0 Å². The lowest BCUT2D eigenvalue weighted by Gasteiger charge is -2.19. The van der Waals surface area contributed by atoms with Crippen molar-refractivity contribution in [2.24, 2.45) is 0 Å². The van der Waals surface area contributed by atoms with Crippen molar-refractivity contribution in [3.05, 3.63) is 29.6 Å². The number of nitrogens with zero attached hydrogens (tertiary/aromatic N) is 3. The van der Waals surface area contributed by atoms with Crippen LogP contribution in [0.5, 0.6) is 0 Å². The minimum Gasteiger partial charge on any atom is -0.465 e. The molecule has 0 saturated heterocycles. The lowest BCUT2D eigenvalue weighted by molar-refractivity contribution is 0.140. The summed E-state index contributed by atoms with van der Waals surface area (Å²) in [5.41, 5.74) is 1.41. The Morgan fingerprint density at radius 1 is 1.24 bits per heavy atom. The highest BCUT2D eigenvalue weighted by Crippen LogP contribution is 2.08. The predicted octanol–water partition coefficient (Wildman–Crippen LogP) is 1.79. The van der Waals surface area contributed by atoms with Gasteiger partial charge in [0.25, 0.3) is 0 Å². The number of amides is 1. The smallest absolute Gasteiger partial charge is 0.407 e. The highest BCUT2D eigenvalue weighted by Gasteiger charge is 2.12. The average Bonchev–Trinajstić information content (AvgIpc) is 2.45. The lowest BCUT2D eigenvalue weighted by Crippen LogP contribution is -2.30. The molecule has 1 heterocycles. The number of hydrogen-bond acceptors (Lipinski definition) is 4. The van der Waals surface area contributed by atoms with Crippen molar-refractivity contribution >= 4 is 6.09 Å². The van der Waals surface area contributed by atoms with Gasteiger partial charge < -0.3 is 20.0 Å². The van der Waals surface area contributed by atoms with Gasteiger partial charge in [0.2, 0.25) is 0 Å². The van der Waals surface area contributed by atoms with Crippen LogP contribution in [0, 0.1) is 0 Å². The fourth-order valence-electron chi connectivity index (χ4n) is 2.06. The lowest BCUT2D eigenvalue weighted by atomic mass is 10.2. The molecule has 0 fully saturated rings. The van der Waals surface area contributed by atoms with Crippen LogP contribution in [-0.2, 0) is 13.2 Å². The normalized spacial score (nSPS) is 10.9. The number of rotatable bonds is 9. The standard InChI is InChI=1S/C15H25N3O3/c1-17(2)8-4-3-5-9-18(15(20)21)11-14-10-13(12-19)6-7-16-14/h6-7,10,19H,3-5,8-9,11-12H2,1-2H3,(H,20,21). The van der Waals surface area contributed by atoms with E-state index in [2.05, 4.69) is 9.88 Å². The Hall–Kier alpha value is -1.66. The van der Waals surface area contributed by atoms with Gasteiger partial charge in [0.05, 0.1) is 18.8 Å². The molecule has 0 unspecified atom stereocenters. The van der Waals surface area contributed by atoms with Gasteiger partial charge in [-0.15, -0.1) is 0 Å². The van der Waals surface area contributed by atoms with E-state index in [1.165, 1.54) is 4.90 Å². The van der Waals surface area contributed by atoms with E-state index < -0.39 is 6.09 Å². The van der Waals surface area contributed by atoms with Crippen LogP contribution < -0.4 is 0 Å². The molecule has 0 saturated carbocycles. The summed E-state index contributed by atoms with van der Waals surface area (Å²) in [4.78, 5) is 18.9. The van der Waals surface area contributed by atoms with Crippen LogP contribution in [0.1, 0.15) is 30.5 Å². The van der Waals surface area contributed by atoms with Crippen molar-refractivity contribution in [1.82, 2.24) is 14.8 Å². The third-order valence-electron chi connectivity index (χ3n) is 3.22. The van der Waals surface area contributed by atoms with E-state index in [1.807, 2.05) is 14.1 Å². The molecule has 0 aliphatic rings. The van der Waals surface area contributed by atoms with Gasteiger partial charge in [-0.25, -0.2) is 4.79 Å². The van der Waals surface area contributed by atoms with Crippen LogP contribution in [0.15, 0.2) is 18.3 Å². The van der Waals surface area contributed by atoms with E-state index in [0.717, 1.165) is 31.4 Å². The number of carboxylic acid groups (broad SMARTS) is 1. The van der Waals surface area contributed by atoms with E-state index in [9.17, 15) is 9.90 Å². The zero-order chi connectivity index (χ0) is 15.7. The van der Waals surface area contributed by atoms with Crippen LogP contribution in [0.25, 0.3) is 0 Å². The first-order valence-electron chi connectivity index (χ1n) is 7.20. The molecule has 0 aromatic carbocycles. The summed E-state index contributed by atoms with van der Waals surface area (Å²) in [6, 6.07) is 3.46. The van der Waals surface area contributed by atoms with Gasteiger partial charge in [0, 0.05) is 12.7 Å². The van der Waals surface area contributed by atoms with E-state index in [-0.39, 0.29) is 13.2 Å². The summed E-state index contributed by atoms with van der Waals surface area (Å²) in [6.07, 6.45) is 3.58. The zero-order valence-corrected chi connectivity index (χ0v) is 12.8. The third kappa shape index (κ3) is 7.06. The van der Waals surface area contributed by atoms with Crippen LogP contribution in [0.4, 0.5) is 4.79 Å². The van der Waals surface area contributed by atoms with Gasteiger partial charge in [-0.05, 0) is 51.2 Å². The minimum atomic E-state index is -0.932. The van der Waals surface area contributed by atoms with Gasteiger partial charge in [-0.3, -0.25) is 4.98 Å². The number of pyridine rings is 1. The van der Waals surface area contributed by atoms with Crippen LogP contribution in [0.3, 0.4) is 0 Å². The largest absolute Gasteiger partial charge is 0.465 e. The molecular formula is C15H25N3O3. The summed E-state index contributed by atoms with van der Waals surface area (Å²) in [5, 5.41) is 18.3. The molecule has 6 nitrogen and oxygen atoms in total. The summed E-state index contributed by atoms with van der Waals surface area (Å²) in [7, 11) is 4.06. The molecule has 21 heavy (non-hydrogen) atoms. The Labute approximate surface area is 126 Å². The maximum atomic E-state index is 11.3. The van der Waals surface area contributed by atoms with Gasteiger partial charge >= 0.3 is 6.09 Å². The minimum absolute atomic E-state index is 0.0624. The second-order valence-corrected chi connectivity index (χ2v) is 5.38. The topological polar surface area (TPSA) is 76.9 Å². The SMILES string of the molecule is CN(C)CCCCCN(Cc1cc(CO)ccn1)C(=O)O. The predicted molar refractivity (Wildman–Crippen MR) is 81.0 cm³/mol. The van der Waals surface area contributed by atoms with Crippen LogP contribution in [-0.4, -0.2) is 58.3 Å². The summed E-state index contributed by atoms with van der Waals surface area (Å²) < 4.78 is 0. The number of aromatic nitrogens is 1. The number of aliphatic hydroxyl groups excluding tert-OH is 1. The number of aliphatic hydroxyl groups is 1. The second kappa shape index (κ2) is 9.31. The number of carbonyl (C=O) groups is 1. The molecule has 1 rings (SSSR count). The van der Waals surface area contributed by atoms with Crippen molar-refractivity contribution in [3.63, 3.8) is 0 Å². The Morgan fingerprint density at radius 3 is 2.57 bits per heavy atom. The second-order valence-electron chi connectivity index (χ2n) is 5.38. The van der Waals surface area contributed by atoms with Gasteiger partial charge in [0.15, 0.2) is 0 Å². The Morgan fingerprint density at radius 2 is 1.95 bits per heavy atom. The molecule has 1 aromatic heterocycles. The molecule has 0 aliphatic carbocycles. The quantitative estimate of drug-likeness (QED) is 0.679. The van der Waals surface area contributed by atoms with E-state index >= 15 is 0 Å². The Bertz CT molecular complexity index is 438. The third-order valence-corrected chi connectivity index (χ3v) is 3.22. The van der Waals surface area contributed by atoms with Crippen molar-refractivity contribution in [2.75, 3.05) is 27.2 Å². The molecule has 0 radical (unpaired) electrons. The molecule has 0 aliphatic heterocycles. The first-order valence-corrected chi connectivity index (χ1v) is 7.20. The Kier molecular flexibility index (Phi) is 7.71. The summed E-state index contributed by atoms with van der Waals surface area (Å²) >= 11 is 0. The molecule has 0 spiro atoms. The van der Waals surface area contributed by atoms with E-state index in [1.54, 1.807) is 18.3 Å². The highest BCUT2D eigenvalue weighted by atomic mass is 16.4. The monoisotopic (exact) mass is 295 g/mol. The molecule has 1 amide bonds. The van der Waals surface area contributed by atoms with Crippen molar-refractivity contribution in [1.29, 1.82) is 0 Å². The average molecular weight is 295 g/mol. The molecule has 1 aromatic rings.